The highest BCUT2D eigenvalue weighted by Gasteiger charge is 2.14. The molecule has 0 aromatic carbocycles. The van der Waals surface area contributed by atoms with Gasteiger partial charge in [0.15, 0.2) is 18.8 Å². The lowest BCUT2D eigenvalue weighted by Crippen LogP contribution is -2.08. The van der Waals surface area contributed by atoms with E-state index in [1.807, 2.05) is 0 Å². The summed E-state index contributed by atoms with van der Waals surface area (Å²) in [7, 11) is 0. The Morgan fingerprint density at radius 3 is 3.00 bits per heavy atom. The van der Waals surface area contributed by atoms with E-state index in [1.54, 1.807) is 0 Å². The molecule has 0 bridgehead atoms. The Hall–Kier alpha value is -1.12. The zero-order valence-electron chi connectivity index (χ0n) is 4.20. The average Bonchev–Trinajstić information content (AvgIpc) is 2.14. The zero-order chi connectivity index (χ0) is 5.98. The SMILES string of the molecule is C=C1N=COC1C=O. The van der Waals surface area contributed by atoms with Gasteiger partial charge in [0.05, 0.1) is 5.70 Å². The van der Waals surface area contributed by atoms with Crippen LogP contribution in [-0.2, 0) is 9.53 Å². The van der Waals surface area contributed by atoms with E-state index in [9.17, 15) is 4.79 Å². The minimum Gasteiger partial charge on any atom is -0.466 e. The first-order chi connectivity index (χ1) is 3.84. The molecule has 0 aliphatic carbocycles. The second-order valence-electron chi connectivity index (χ2n) is 1.42. The largest absolute Gasteiger partial charge is 0.466 e. The summed E-state index contributed by atoms with van der Waals surface area (Å²) in [5.74, 6) is 0. The van der Waals surface area contributed by atoms with Crippen molar-refractivity contribution in [2.24, 2.45) is 4.99 Å². The Morgan fingerprint density at radius 1 is 2.00 bits per heavy atom. The molecule has 42 valence electrons. The second-order valence-corrected chi connectivity index (χ2v) is 1.42. The highest BCUT2D eigenvalue weighted by Crippen LogP contribution is 2.07. The molecule has 1 aliphatic rings. The minimum absolute atomic E-state index is 0.472. The smallest absolute Gasteiger partial charge is 0.196 e. The van der Waals surface area contributed by atoms with Gasteiger partial charge in [-0.2, -0.15) is 0 Å². The van der Waals surface area contributed by atoms with Gasteiger partial charge in [0.25, 0.3) is 0 Å². The maximum absolute atomic E-state index is 9.95. The highest BCUT2D eigenvalue weighted by molar-refractivity contribution is 5.69. The van der Waals surface area contributed by atoms with Crippen molar-refractivity contribution in [3.63, 3.8) is 0 Å². The van der Waals surface area contributed by atoms with E-state index in [0.717, 1.165) is 0 Å². The van der Waals surface area contributed by atoms with Crippen LogP contribution >= 0.6 is 0 Å². The molecule has 8 heavy (non-hydrogen) atoms. The van der Waals surface area contributed by atoms with Crippen LogP contribution in [0.1, 0.15) is 0 Å². The number of rotatable bonds is 1. The van der Waals surface area contributed by atoms with Gasteiger partial charge < -0.3 is 4.74 Å². The molecule has 1 aliphatic heterocycles. The van der Waals surface area contributed by atoms with Crippen LogP contribution in [0.2, 0.25) is 0 Å². The topological polar surface area (TPSA) is 38.7 Å². The Labute approximate surface area is 46.7 Å². The number of aldehydes is 1. The first-order valence-corrected chi connectivity index (χ1v) is 2.16. The fourth-order valence-corrected chi connectivity index (χ4v) is 0.426. The lowest BCUT2D eigenvalue weighted by atomic mass is 10.3. The van der Waals surface area contributed by atoms with Crippen molar-refractivity contribution in [1.82, 2.24) is 0 Å². The van der Waals surface area contributed by atoms with Gasteiger partial charge in [-0.05, 0) is 0 Å². The number of carbonyl (C=O) groups is 1. The number of nitrogens with zero attached hydrogens (tertiary/aromatic N) is 1. The third kappa shape index (κ3) is 0.621. The number of ether oxygens (including phenoxy) is 1. The summed E-state index contributed by atoms with van der Waals surface area (Å²) < 4.78 is 4.66. The van der Waals surface area contributed by atoms with Crippen molar-refractivity contribution in [3.05, 3.63) is 12.3 Å². The van der Waals surface area contributed by atoms with Crippen molar-refractivity contribution in [1.29, 1.82) is 0 Å². The van der Waals surface area contributed by atoms with E-state index >= 15 is 0 Å². The molecule has 0 spiro atoms. The monoisotopic (exact) mass is 111 g/mol. The van der Waals surface area contributed by atoms with Crippen molar-refractivity contribution < 1.29 is 9.53 Å². The maximum Gasteiger partial charge on any atom is 0.196 e. The number of hydrogen-bond acceptors (Lipinski definition) is 3. The molecule has 0 fully saturated rings. The van der Waals surface area contributed by atoms with Crippen LogP contribution in [-0.4, -0.2) is 18.8 Å². The first kappa shape index (κ1) is 5.03. The molecular weight excluding hydrogens is 106 g/mol. The molecule has 0 saturated heterocycles. The molecule has 0 radical (unpaired) electrons. The van der Waals surface area contributed by atoms with E-state index in [4.69, 9.17) is 0 Å². The normalized spacial score (nSPS) is 25.5. The van der Waals surface area contributed by atoms with Crippen LogP contribution in [0.4, 0.5) is 0 Å². The summed E-state index contributed by atoms with van der Waals surface area (Å²) in [5, 5.41) is 0. The van der Waals surface area contributed by atoms with Gasteiger partial charge in [-0.1, -0.05) is 6.58 Å². The summed E-state index contributed by atoms with van der Waals surface area (Å²) >= 11 is 0. The van der Waals surface area contributed by atoms with E-state index < -0.39 is 6.10 Å². The van der Waals surface area contributed by atoms with Gasteiger partial charge in [0.1, 0.15) is 0 Å². The fourth-order valence-electron chi connectivity index (χ4n) is 0.426. The van der Waals surface area contributed by atoms with Crippen molar-refractivity contribution in [2.75, 3.05) is 0 Å². The molecular formula is C5H5NO2. The van der Waals surface area contributed by atoms with E-state index in [1.165, 1.54) is 6.40 Å². The summed E-state index contributed by atoms with van der Waals surface area (Å²) in [6, 6.07) is 0. The summed E-state index contributed by atoms with van der Waals surface area (Å²) in [6.07, 6.45) is 1.35. The van der Waals surface area contributed by atoms with Gasteiger partial charge >= 0.3 is 0 Å². The molecule has 0 N–H and O–H groups in total. The van der Waals surface area contributed by atoms with Crippen molar-refractivity contribution in [3.8, 4) is 0 Å². The zero-order valence-corrected chi connectivity index (χ0v) is 4.20. The van der Waals surface area contributed by atoms with Gasteiger partial charge in [0, 0.05) is 0 Å². The third-order valence-electron chi connectivity index (χ3n) is 0.878. The molecule has 0 aromatic heterocycles. The Morgan fingerprint density at radius 2 is 2.75 bits per heavy atom. The van der Waals surface area contributed by atoms with E-state index in [-0.39, 0.29) is 0 Å². The predicted octanol–water partition coefficient (Wildman–Crippen LogP) is 0.126. The number of aliphatic imine (C=N–C) groups is 1. The number of hydrogen-bond donors (Lipinski definition) is 0. The molecule has 1 unspecified atom stereocenters. The van der Waals surface area contributed by atoms with Gasteiger partial charge in [-0.15, -0.1) is 0 Å². The van der Waals surface area contributed by atoms with Gasteiger partial charge in [-0.3, -0.25) is 4.79 Å². The molecule has 0 aromatic rings. The number of carbonyl (C=O) groups excluding carboxylic acids is 1. The summed E-state index contributed by atoms with van der Waals surface area (Å²) in [4.78, 5) is 13.6. The third-order valence-corrected chi connectivity index (χ3v) is 0.878. The van der Waals surface area contributed by atoms with Crippen molar-refractivity contribution >= 4 is 12.7 Å². The van der Waals surface area contributed by atoms with Gasteiger partial charge in [0.2, 0.25) is 0 Å². The standard InChI is InChI=1S/C5H5NO2/c1-4-5(2-7)8-3-6-4/h2-3,5H,1H2. The van der Waals surface area contributed by atoms with E-state index in [0.29, 0.717) is 12.0 Å². The lowest BCUT2D eigenvalue weighted by molar-refractivity contribution is -0.112. The summed E-state index contributed by atoms with van der Waals surface area (Å²) in [6.45, 7) is 3.45. The lowest BCUT2D eigenvalue weighted by Gasteiger charge is -1.96. The van der Waals surface area contributed by atoms with Crippen LogP contribution in [0.5, 0.6) is 0 Å². The minimum atomic E-state index is -0.532. The van der Waals surface area contributed by atoms with Crippen LogP contribution in [0, 0.1) is 0 Å². The van der Waals surface area contributed by atoms with Crippen molar-refractivity contribution in [2.45, 2.75) is 6.10 Å². The molecule has 3 heteroatoms. The fraction of sp³-hybridized carbons (Fsp3) is 0.200. The molecule has 3 nitrogen and oxygen atoms in total. The van der Waals surface area contributed by atoms with E-state index in [2.05, 4.69) is 16.3 Å². The van der Waals surface area contributed by atoms with Crippen LogP contribution in [0.15, 0.2) is 17.3 Å². The Balaban J connectivity index is 2.63. The first-order valence-electron chi connectivity index (χ1n) is 2.16. The predicted molar refractivity (Wildman–Crippen MR) is 28.6 cm³/mol. The van der Waals surface area contributed by atoms with Crippen LogP contribution < -0.4 is 0 Å². The van der Waals surface area contributed by atoms with Crippen LogP contribution in [0.3, 0.4) is 0 Å². The average molecular weight is 111 g/mol. The molecule has 0 saturated carbocycles. The molecule has 1 atom stereocenters. The van der Waals surface area contributed by atoms with Crippen LogP contribution in [0.25, 0.3) is 0 Å². The second kappa shape index (κ2) is 1.78. The Bertz CT molecular complexity index is 151. The maximum atomic E-state index is 9.95. The highest BCUT2D eigenvalue weighted by atomic mass is 16.5. The quantitative estimate of drug-likeness (QED) is 0.451. The Kier molecular flexibility index (Phi) is 1.12. The van der Waals surface area contributed by atoms with Gasteiger partial charge in [-0.25, -0.2) is 4.99 Å². The molecule has 1 rings (SSSR count). The molecule has 0 amide bonds. The molecule has 1 heterocycles. The summed E-state index contributed by atoms with van der Waals surface area (Å²) in [5.41, 5.74) is 0.472.